The molecule has 170 valence electrons. The van der Waals surface area contributed by atoms with Crippen LogP contribution in [-0.4, -0.2) is 54.0 Å². The monoisotopic (exact) mass is 419 g/mol. The number of carbonyl (C=O) groups excluding carboxylic acids is 1. The van der Waals surface area contributed by atoms with E-state index in [1.807, 2.05) is 6.07 Å². The van der Waals surface area contributed by atoms with Crippen LogP contribution in [0.1, 0.15) is 78.2 Å². The average molecular weight is 420 g/mol. The van der Waals surface area contributed by atoms with Gasteiger partial charge in [-0.25, -0.2) is 4.39 Å². The van der Waals surface area contributed by atoms with E-state index in [2.05, 4.69) is 44.5 Å². The molecule has 0 saturated heterocycles. The van der Waals surface area contributed by atoms with Crippen molar-refractivity contribution in [2.45, 2.75) is 96.2 Å². The molecule has 0 heterocycles. The van der Waals surface area contributed by atoms with Gasteiger partial charge in [-0.15, -0.1) is 0 Å². The molecule has 5 heteroatoms. The number of halogens is 1. The van der Waals surface area contributed by atoms with Gasteiger partial charge in [0.25, 0.3) is 0 Å². The Morgan fingerprint density at radius 2 is 1.63 bits per heavy atom. The maximum atomic E-state index is 14.9. The summed E-state index contributed by atoms with van der Waals surface area (Å²) >= 11 is 0. The first-order valence-corrected chi connectivity index (χ1v) is 11.7. The lowest BCUT2D eigenvalue weighted by Crippen LogP contribution is -2.49. The third-order valence-electron chi connectivity index (χ3n) is 7.07. The summed E-state index contributed by atoms with van der Waals surface area (Å²) in [6.45, 7) is 10.1. The molecule has 0 aliphatic heterocycles. The van der Waals surface area contributed by atoms with Gasteiger partial charge in [0, 0.05) is 30.2 Å². The van der Waals surface area contributed by atoms with E-state index in [1.54, 1.807) is 12.1 Å². The highest BCUT2D eigenvalue weighted by Crippen LogP contribution is 2.35. The Morgan fingerprint density at radius 1 is 1.07 bits per heavy atom. The molecule has 30 heavy (non-hydrogen) atoms. The fraction of sp³-hybridized carbons (Fsp3) is 0.720. The molecule has 1 aliphatic rings. The van der Waals surface area contributed by atoms with E-state index in [0.29, 0.717) is 43.1 Å². The normalized spacial score (nSPS) is 17.8. The Bertz CT molecular complexity index is 664. The van der Waals surface area contributed by atoms with E-state index in [-0.39, 0.29) is 5.82 Å². The van der Waals surface area contributed by atoms with Gasteiger partial charge in [0.15, 0.2) is 0 Å². The number of nitrogens with zero attached hydrogens (tertiary/aromatic N) is 2. The fourth-order valence-corrected chi connectivity index (χ4v) is 5.13. The summed E-state index contributed by atoms with van der Waals surface area (Å²) in [5.41, 5.74) is 5.48. The minimum atomic E-state index is -1.00. The highest BCUT2D eigenvalue weighted by molar-refractivity contribution is 5.86. The third-order valence-corrected chi connectivity index (χ3v) is 7.07. The molecule has 0 aromatic heterocycles. The number of carbonyl (C=O) groups is 1. The molecular weight excluding hydrogens is 377 g/mol. The van der Waals surface area contributed by atoms with E-state index in [1.165, 1.54) is 38.2 Å². The van der Waals surface area contributed by atoms with Gasteiger partial charge in [-0.2, -0.15) is 0 Å². The van der Waals surface area contributed by atoms with Gasteiger partial charge in [0.05, 0.1) is 5.41 Å². The van der Waals surface area contributed by atoms with Crippen LogP contribution in [0, 0.1) is 5.82 Å². The third kappa shape index (κ3) is 6.04. The zero-order chi connectivity index (χ0) is 22.3. The van der Waals surface area contributed by atoms with Crippen molar-refractivity contribution >= 4 is 5.91 Å². The molecule has 1 aliphatic carbocycles. The van der Waals surface area contributed by atoms with Crippen LogP contribution < -0.4 is 5.73 Å². The van der Waals surface area contributed by atoms with Crippen molar-refractivity contribution in [3.63, 3.8) is 0 Å². The molecule has 0 bridgehead atoms. The second-order valence-corrected chi connectivity index (χ2v) is 9.62. The van der Waals surface area contributed by atoms with E-state index < -0.39 is 11.3 Å². The second-order valence-electron chi connectivity index (χ2n) is 9.62. The predicted octanol–water partition coefficient (Wildman–Crippen LogP) is 4.71. The van der Waals surface area contributed by atoms with Crippen molar-refractivity contribution in [1.29, 1.82) is 0 Å². The summed E-state index contributed by atoms with van der Waals surface area (Å²) in [6, 6.07) is 7.92. The van der Waals surface area contributed by atoms with E-state index in [9.17, 15) is 9.18 Å². The predicted molar refractivity (Wildman–Crippen MR) is 123 cm³/mol. The molecule has 4 nitrogen and oxygen atoms in total. The minimum Gasteiger partial charge on any atom is -0.369 e. The van der Waals surface area contributed by atoms with E-state index in [4.69, 9.17) is 5.73 Å². The Kier molecular flexibility index (Phi) is 9.30. The van der Waals surface area contributed by atoms with Crippen molar-refractivity contribution in [1.82, 2.24) is 9.80 Å². The molecule has 1 aromatic rings. The van der Waals surface area contributed by atoms with Crippen LogP contribution in [0.25, 0.3) is 0 Å². The number of primary amides is 1. The zero-order valence-electron chi connectivity index (χ0n) is 19.7. The smallest absolute Gasteiger partial charge is 0.228 e. The van der Waals surface area contributed by atoms with Crippen LogP contribution in [0.5, 0.6) is 0 Å². The summed E-state index contributed by atoms with van der Waals surface area (Å²) in [5, 5.41) is 0. The van der Waals surface area contributed by atoms with Gasteiger partial charge in [-0.1, -0.05) is 37.5 Å². The lowest BCUT2D eigenvalue weighted by atomic mass is 9.73. The number of benzene rings is 1. The lowest BCUT2D eigenvalue weighted by molar-refractivity contribution is -0.124. The number of hydrogen-bond acceptors (Lipinski definition) is 3. The fourth-order valence-electron chi connectivity index (χ4n) is 5.13. The first kappa shape index (κ1) is 24.8. The molecule has 1 aromatic carbocycles. The molecular formula is C25H42FN3O. The first-order valence-electron chi connectivity index (χ1n) is 11.7. The first-order chi connectivity index (χ1) is 14.2. The van der Waals surface area contributed by atoms with Crippen molar-refractivity contribution in [2.75, 3.05) is 20.1 Å². The summed E-state index contributed by atoms with van der Waals surface area (Å²) in [5.74, 6) is -0.755. The number of nitrogens with two attached hydrogens (primary N) is 1. The largest absolute Gasteiger partial charge is 0.369 e. The lowest BCUT2D eigenvalue weighted by Gasteiger charge is -2.39. The van der Waals surface area contributed by atoms with E-state index >= 15 is 0 Å². The molecule has 1 amide bonds. The maximum absolute atomic E-state index is 14.9. The maximum Gasteiger partial charge on any atom is 0.228 e. The molecule has 0 radical (unpaired) electrons. The topological polar surface area (TPSA) is 49.6 Å². The molecule has 1 saturated carbocycles. The zero-order valence-corrected chi connectivity index (χ0v) is 19.7. The van der Waals surface area contributed by atoms with E-state index in [0.717, 1.165) is 6.54 Å². The van der Waals surface area contributed by atoms with Crippen molar-refractivity contribution in [2.24, 2.45) is 5.73 Å². The van der Waals surface area contributed by atoms with Crippen LogP contribution >= 0.6 is 0 Å². The average Bonchev–Trinajstić information content (AvgIpc) is 2.71. The van der Waals surface area contributed by atoms with Crippen molar-refractivity contribution in [3.05, 3.63) is 35.6 Å². The van der Waals surface area contributed by atoms with Crippen LogP contribution in [-0.2, 0) is 10.2 Å². The van der Waals surface area contributed by atoms with Crippen molar-refractivity contribution in [3.8, 4) is 0 Å². The van der Waals surface area contributed by atoms with Gasteiger partial charge >= 0.3 is 0 Å². The summed E-state index contributed by atoms with van der Waals surface area (Å²) < 4.78 is 14.9. The minimum absolute atomic E-state index is 0.336. The molecule has 1 unspecified atom stereocenters. The van der Waals surface area contributed by atoms with Gasteiger partial charge in [-0.05, 0) is 73.0 Å². The van der Waals surface area contributed by atoms with Crippen LogP contribution in [0.3, 0.4) is 0 Å². The summed E-state index contributed by atoms with van der Waals surface area (Å²) in [7, 11) is 2.14. The summed E-state index contributed by atoms with van der Waals surface area (Å²) in [4.78, 5) is 17.6. The van der Waals surface area contributed by atoms with Crippen molar-refractivity contribution < 1.29 is 9.18 Å². The highest BCUT2D eigenvalue weighted by atomic mass is 19.1. The Balaban J connectivity index is 2.29. The number of rotatable bonds is 11. The van der Waals surface area contributed by atoms with Gasteiger partial charge in [-0.3, -0.25) is 9.69 Å². The molecule has 1 atom stereocenters. The van der Waals surface area contributed by atoms with Gasteiger partial charge in [0.2, 0.25) is 5.91 Å². The molecule has 1 fully saturated rings. The highest BCUT2D eigenvalue weighted by Gasteiger charge is 2.41. The van der Waals surface area contributed by atoms with Crippen LogP contribution in [0.2, 0.25) is 0 Å². The van der Waals surface area contributed by atoms with Crippen LogP contribution in [0.15, 0.2) is 24.3 Å². The Hall–Kier alpha value is -1.46. The number of amides is 1. The van der Waals surface area contributed by atoms with Gasteiger partial charge < -0.3 is 10.6 Å². The molecule has 2 N–H and O–H groups in total. The molecule has 2 rings (SSSR count). The summed E-state index contributed by atoms with van der Waals surface area (Å²) in [6.07, 6.45) is 7.31. The van der Waals surface area contributed by atoms with Crippen LogP contribution in [0.4, 0.5) is 4.39 Å². The quantitative estimate of drug-likeness (QED) is 0.565. The Labute approximate surface area is 183 Å². The second kappa shape index (κ2) is 11.2. The Morgan fingerprint density at radius 3 is 2.17 bits per heavy atom. The number of hydrogen-bond donors (Lipinski definition) is 1. The van der Waals surface area contributed by atoms with Gasteiger partial charge in [0.1, 0.15) is 5.82 Å². The SMILES string of the molecule is CC(C)N(CCC(CCN(C)C1CCCCC1)(C(N)=O)c1ccccc1F)C(C)C. The molecule has 0 spiro atoms. The standard InChI is InChI=1S/C25H42FN3O/c1-19(2)29(20(3)4)18-16-25(24(27)30,22-13-9-10-14-23(22)26)15-17-28(5)21-11-7-6-8-12-21/h9-10,13-14,19-21H,6-8,11-12,15-18H2,1-5H3,(H2,27,30).